The number of morpholine rings is 1. The standard InChI is InChI=1S/C15H25N3O/c1-5-16-10-13-8-12(2)17-14(9-13)18-6-7-19-11-15(18,3)4/h8-9,16H,5-7,10-11H2,1-4H3. The van der Waals surface area contributed by atoms with Crippen molar-refractivity contribution in [3.63, 3.8) is 0 Å². The van der Waals surface area contributed by atoms with Crippen LogP contribution in [0, 0.1) is 6.92 Å². The van der Waals surface area contributed by atoms with Crippen molar-refractivity contribution < 1.29 is 4.74 Å². The second-order valence-corrected chi connectivity index (χ2v) is 5.77. The lowest BCUT2D eigenvalue weighted by Gasteiger charge is -2.43. The number of aryl methyl sites for hydroxylation is 1. The number of ether oxygens (including phenoxy) is 1. The van der Waals surface area contributed by atoms with Crippen LogP contribution in [0.4, 0.5) is 5.82 Å². The summed E-state index contributed by atoms with van der Waals surface area (Å²) >= 11 is 0. The maximum Gasteiger partial charge on any atom is 0.129 e. The van der Waals surface area contributed by atoms with E-state index in [1.165, 1.54) is 5.56 Å². The highest BCUT2D eigenvalue weighted by atomic mass is 16.5. The summed E-state index contributed by atoms with van der Waals surface area (Å²) in [7, 11) is 0. The van der Waals surface area contributed by atoms with Crippen LogP contribution in [0.15, 0.2) is 12.1 Å². The fraction of sp³-hybridized carbons (Fsp3) is 0.667. The molecule has 2 heterocycles. The molecule has 0 spiro atoms. The first kappa shape index (κ1) is 14.3. The number of hydrogen-bond donors (Lipinski definition) is 1. The Balaban J connectivity index is 2.25. The van der Waals surface area contributed by atoms with E-state index in [0.29, 0.717) is 0 Å². The van der Waals surface area contributed by atoms with Crippen LogP contribution in [-0.2, 0) is 11.3 Å². The molecule has 4 nitrogen and oxygen atoms in total. The van der Waals surface area contributed by atoms with E-state index in [-0.39, 0.29) is 5.54 Å². The van der Waals surface area contributed by atoms with Crippen molar-refractivity contribution in [3.8, 4) is 0 Å². The molecule has 0 amide bonds. The number of rotatable bonds is 4. The summed E-state index contributed by atoms with van der Waals surface area (Å²) in [5, 5.41) is 3.37. The second kappa shape index (κ2) is 5.88. The van der Waals surface area contributed by atoms with Gasteiger partial charge in [0.2, 0.25) is 0 Å². The first-order valence-electron chi connectivity index (χ1n) is 7.06. The van der Waals surface area contributed by atoms with E-state index in [4.69, 9.17) is 9.72 Å². The van der Waals surface area contributed by atoms with Gasteiger partial charge < -0.3 is 15.0 Å². The lowest BCUT2D eigenvalue weighted by atomic mass is 10.0. The zero-order chi connectivity index (χ0) is 13.9. The molecule has 1 saturated heterocycles. The Hall–Kier alpha value is -1.13. The van der Waals surface area contributed by atoms with Crippen molar-refractivity contribution in [2.24, 2.45) is 0 Å². The SMILES string of the molecule is CCNCc1cc(C)nc(N2CCOCC2(C)C)c1. The molecule has 0 bridgehead atoms. The maximum absolute atomic E-state index is 5.58. The van der Waals surface area contributed by atoms with Gasteiger partial charge in [0.05, 0.1) is 18.8 Å². The molecule has 1 aliphatic rings. The fourth-order valence-electron chi connectivity index (χ4n) is 2.51. The molecule has 0 unspecified atom stereocenters. The van der Waals surface area contributed by atoms with Gasteiger partial charge in [0.25, 0.3) is 0 Å². The van der Waals surface area contributed by atoms with Crippen molar-refractivity contribution in [1.82, 2.24) is 10.3 Å². The van der Waals surface area contributed by atoms with E-state index < -0.39 is 0 Å². The number of aromatic nitrogens is 1. The summed E-state index contributed by atoms with van der Waals surface area (Å²) in [5.41, 5.74) is 2.38. The summed E-state index contributed by atoms with van der Waals surface area (Å²) < 4.78 is 5.58. The maximum atomic E-state index is 5.58. The Bertz CT molecular complexity index is 431. The Kier molecular flexibility index (Phi) is 4.42. The molecule has 0 atom stereocenters. The molecule has 1 aliphatic heterocycles. The third-order valence-corrected chi connectivity index (χ3v) is 3.50. The highest BCUT2D eigenvalue weighted by Crippen LogP contribution is 2.26. The molecule has 1 aromatic heterocycles. The predicted octanol–water partition coefficient (Wildman–Crippen LogP) is 2.11. The molecule has 106 valence electrons. The smallest absolute Gasteiger partial charge is 0.129 e. The van der Waals surface area contributed by atoms with E-state index in [1.54, 1.807) is 0 Å². The van der Waals surface area contributed by atoms with Gasteiger partial charge >= 0.3 is 0 Å². The molecule has 0 radical (unpaired) electrons. The number of hydrogen-bond acceptors (Lipinski definition) is 4. The van der Waals surface area contributed by atoms with Crippen LogP contribution in [0.5, 0.6) is 0 Å². The molecule has 0 saturated carbocycles. The van der Waals surface area contributed by atoms with Crippen LogP contribution in [0.3, 0.4) is 0 Å². The average molecular weight is 263 g/mol. The van der Waals surface area contributed by atoms with E-state index >= 15 is 0 Å². The summed E-state index contributed by atoms with van der Waals surface area (Å²) in [6.45, 7) is 12.9. The highest BCUT2D eigenvalue weighted by Gasteiger charge is 2.31. The predicted molar refractivity (Wildman–Crippen MR) is 78.6 cm³/mol. The Morgan fingerprint density at radius 2 is 2.21 bits per heavy atom. The summed E-state index contributed by atoms with van der Waals surface area (Å²) in [6, 6.07) is 4.35. The highest BCUT2D eigenvalue weighted by molar-refractivity contribution is 5.45. The summed E-state index contributed by atoms with van der Waals surface area (Å²) in [5.74, 6) is 1.07. The minimum absolute atomic E-state index is 0.00843. The number of nitrogens with one attached hydrogen (secondary N) is 1. The van der Waals surface area contributed by atoms with Gasteiger partial charge in [-0.25, -0.2) is 4.98 Å². The minimum atomic E-state index is 0.00843. The first-order chi connectivity index (χ1) is 9.03. The first-order valence-corrected chi connectivity index (χ1v) is 7.06. The van der Waals surface area contributed by atoms with Gasteiger partial charge in [0, 0.05) is 18.8 Å². The zero-order valence-corrected chi connectivity index (χ0v) is 12.5. The lowest BCUT2D eigenvalue weighted by Crippen LogP contribution is -2.53. The number of pyridine rings is 1. The third-order valence-electron chi connectivity index (χ3n) is 3.50. The van der Waals surface area contributed by atoms with Crippen LogP contribution >= 0.6 is 0 Å². The van der Waals surface area contributed by atoms with Crippen molar-refractivity contribution in [2.45, 2.75) is 39.8 Å². The minimum Gasteiger partial charge on any atom is -0.377 e. The van der Waals surface area contributed by atoms with Crippen molar-refractivity contribution >= 4 is 5.82 Å². The van der Waals surface area contributed by atoms with E-state index in [9.17, 15) is 0 Å². The van der Waals surface area contributed by atoms with Crippen molar-refractivity contribution in [3.05, 3.63) is 23.4 Å². The number of nitrogens with zero attached hydrogens (tertiary/aromatic N) is 2. The van der Waals surface area contributed by atoms with Gasteiger partial charge in [0.1, 0.15) is 5.82 Å². The Labute approximate surface area is 116 Å². The second-order valence-electron chi connectivity index (χ2n) is 5.77. The molecule has 19 heavy (non-hydrogen) atoms. The van der Waals surface area contributed by atoms with Crippen LogP contribution < -0.4 is 10.2 Å². The molecule has 4 heteroatoms. The molecule has 0 aliphatic carbocycles. The molecular weight excluding hydrogens is 238 g/mol. The third kappa shape index (κ3) is 3.45. The van der Waals surface area contributed by atoms with Crippen LogP contribution in [0.25, 0.3) is 0 Å². The van der Waals surface area contributed by atoms with E-state index in [2.05, 4.69) is 50.0 Å². The van der Waals surface area contributed by atoms with Crippen LogP contribution in [-0.4, -0.2) is 36.8 Å². The fourth-order valence-corrected chi connectivity index (χ4v) is 2.51. The average Bonchev–Trinajstić information content (AvgIpc) is 2.35. The zero-order valence-electron chi connectivity index (χ0n) is 12.5. The molecule has 1 N–H and O–H groups in total. The molecule has 1 aromatic rings. The quantitative estimate of drug-likeness (QED) is 0.903. The van der Waals surface area contributed by atoms with Crippen LogP contribution in [0.2, 0.25) is 0 Å². The largest absolute Gasteiger partial charge is 0.377 e. The van der Waals surface area contributed by atoms with Gasteiger partial charge in [0.15, 0.2) is 0 Å². The summed E-state index contributed by atoms with van der Waals surface area (Å²) in [6.07, 6.45) is 0. The van der Waals surface area contributed by atoms with Gasteiger partial charge in [-0.05, 0) is 45.0 Å². The lowest BCUT2D eigenvalue weighted by molar-refractivity contribution is 0.0639. The normalized spacial score (nSPS) is 18.6. The summed E-state index contributed by atoms with van der Waals surface area (Å²) in [4.78, 5) is 7.06. The number of anilines is 1. The molecule has 2 rings (SSSR count). The Morgan fingerprint density at radius 3 is 2.89 bits per heavy atom. The van der Waals surface area contributed by atoms with E-state index in [0.717, 1.165) is 44.4 Å². The van der Waals surface area contributed by atoms with Gasteiger partial charge in [-0.3, -0.25) is 0 Å². The van der Waals surface area contributed by atoms with Gasteiger partial charge in [-0.1, -0.05) is 6.92 Å². The van der Waals surface area contributed by atoms with Crippen molar-refractivity contribution in [2.75, 3.05) is 31.2 Å². The molecule has 1 fully saturated rings. The van der Waals surface area contributed by atoms with Crippen LogP contribution in [0.1, 0.15) is 32.0 Å². The van der Waals surface area contributed by atoms with Gasteiger partial charge in [-0.2, -0.15) is 0 Å². The monoisotopic (exact) mass is 263 g/mol. The van der Waals surface area contributed by atoms with E-state index in [1.807, 2.05) is 0 Å². The molecule has 0 aromatic carbocycles. The Morgan fingerprint density at radius 1 is 1.42 bits per heavy atom. The van der Waals surface area contributed by atoms with Crippen molar-refractivity contribution in [1.29, 1.82) is 0 Å². The molecular formula is C15H25N3O. The topological polar surface area (TPSA) is 37.4 Å². The van der Waals surface area contributed by atoms with Gasteiger partial charge in [-0.15, -0.1) is 0 Å².